The van der Waals surface area contributed by atoms with Crippen LogP contribution in [0.3, 0.4) is 0 Å². The van der Waals surface area contributed by atoms with Gasteiger partial charge in [0.05, 0.1) is 6.04 Å². The molecule has 0 N–H and O–H groups in total. The van der Waals surface area contributed by atoms with Crippen LogP contribution in [-0.2, 0) is 0 Å². The molecule has 2 heteroatoms. The molecule has 286 valence electrons. The van der Waals surface area contributed by atoms with Crippen LogP contribution < -0.4 is 0 Å². The van der Waals surface area contributed by atoms with Gasteiger partial charge in [0.2, 0.25) is 0 Å². The Morgan fingerprint density at radius 1 is 0.525 bits per heavy atom. The van der Waals surface area contributed by atoms with E-state index >= 15 is 0 Å². The first-order valence-corrected chi connectivity index (χ1v) is 21.1. The Labute approximate surface area is 347 Å². The molecule has 0 bridgehead atoms. The second-order valence-corrected chi connectivity index (χ2v) is 16.1. The zero-order valence-corrected chi connectivity index (χ0v) is 33.7. The van der Waals surface area contributed by atoms with Gasteiger partial charge in [-0.3, -0.25) is 4.99 Å². The molecular weight excluding hydrogens is 715 g/mol. The van der Waals surface area contributed by atoms with Crippen LogP contribution >= 0.6 is 0 Å². The van der Waals surface area contributed by atoms with Gasteiger partial charge in [0.1, 0.15) is 11.2 Å². The Balaban J connectivity index is 1.05. The number of rotatable bonds is 7. The third-order valence-corrected chi connectivity index (χ3v) is 12.5. The van der Waals surface area contributed by atoms with Gasteiger partial charge in [0.25, 0.3) is 0 Å². The molecule has 8 aromatic carbocycles. The highest BCUT2D eigenvalue weighted by Gasteiger charge is 2.28. The van der Waals surface area contributed by atoms with E-state index in [0.29, 0.717) is 5.92 Å². The monoisotopic (exact) mass is 761 g/mol. The maximum Gasteiger partial charge on any atom is 0.143 e. The average molecular weight is 762 g/mol. The zero-order valence-electron chi connectivity index (χ0n) is 33.7. The molecule has 0 spiro atoms. The van der Waals surface area contributed by atoms with E-state index in [2.05, 4.69) is 202 Å². The fraction of sp³-hybridized carbons (Fsp3) is 0.140. The lowest BCUT2D eigenvalue weighted by atomic mass is 9.80. The maximum absolute atomic E-state index is 6.85. The van der Waals surface area contributed by atoms with Crippen LogP contribution in [0.4, 0.5) is 0 Å². The number of hydrogen-bond donors (Lipinski definition) is 0. The fourth-order valence-electron chi connectivity index (χ4n) is 9.45. The number of hydrogen-bond acceptors (Lipinski definition) is 2. The highest BCUT2D eigenvalue weighted by atomic mass is 16.3. The third kappa shape index (κ3) is 7.10. The van der Waals surface area contributed by atoms with Crippen molar-refractivity contribution in [1.29, 1.82) is 0 Å². The summed E-state index contributed by atoms with van der Waals surface area (Å²) in [5.74, 6) is 0.316. The zero-order chi connectivity index (χ0) is 39.7. The number of benzene rings is 8. The van der Waals surface area contributed by atoms with E-state index in [9.17, 15) is 0 Å². The largest absolute Gasteiger partial charge is 0.455 e. The van der Waals surface area contributed by atoms with Crippen LogP contribution in [0.5, 0.6) is 0 Å². The summed E-state index contributed by atoms with van der Waals surface area (Å²) >= 11 is 0. The predicted octanol–water partition coefficient (Wildman–Crippen LogP) is 16.0. The number of allylic oxidation sites excluding steroid dienone is 2. The van der Waals surface area contributed by atoms with Crippen molar-refractivity contribution in [2.75, 3.05) is 0 Å². The summed E-state index contributed by atoms with van der Waals surface area (Å²) in [5, 5.41) is 4.78. The molecule has 2 unspecified atom stereocenters. The second kappa shape index (κ2) is 15.9. The molecule has 0 saturated heterocycles. The topological polar surface area (TPSA) is 25.5 Å². The summed E-state index contributed by atoms with van der Waals surface area (Å²) in [5.41, 5.74) is 16.9. The summed E-state index contributed by atoms with van der Waals surface area (Å²) in [7, 11) is 0. The molecule has 0 saturated carbocycles. The van der Waals surface area contributed by atoms with Gasteiger partial charge in [-0.05, 0) is 112 Å². The summed E-state index contributed by atoms with van der Waals surface area (Å²) < 4.78 is 6.85. The molecule has 2 atom stereocenters. The molecule has 0 amide bonds. The smallest absolute Gasteiger partial charge is 0.143 e. The van der Waals surface area contributed by atoms with Crippen molar-refractivity contribution < 1.29 is 4.42 Å². The highest BCUT2D eigenvalue weighted by Crippen LogP contribution is 2.45. The van der Waals surface area contributed by atoms with Gasteiger partial charge in [-0.1, -0.05) is 188 Å². The van der Waals surface area contributed by atoms with E-state index in [-0.39, 0.29) is 6.04 Å². The van der Waals surface area contributed by atoms with E-state index < -0.39 is 0 Å². The van der Waals surface area contributed by atoms with E-state index in [1.807, 2.05) is 0 Å². The quantitative estimate of drug-likeness (QED) is 0.159. The summed E-state index contributed by atoms with van der Waals surface area (Å²) in [6, 6.07) is 68.1. The average Bonchev–Trinajstić information content (AvgIpc) is 3.72. The number of fused-ring (bicyclic) bond motifs is 4. The van der Waals surface area contributed by atoms with Crippen molar-refractivity contribution in [2.24, 2.45) is 10.9 Å². The first kappa shape index (κ1) is 36.6. The predicted molar refractivity (Wildman–Crippen MR) is 250 cm³/mol. The second-order valence-electron chi connectivity index (χ2n) is 16.1. The number of para-hydroxylation sites is 1. The van der Waals surface area contributed by atoms with Crippen LogP contribution in [0.15, 0.2) is 203 Å². The van der Waals surface area contributed by atoms with Crippen LogP contribution in [-0.4, -0.2) is 5.71 Å². The van der Waals surface area contributed by atoms with E-state index in [1.54, 1.807) is 0 Å². The minimum Gasteiger partial charge on any atom is -0.455 e. The summed E-state index contributed by atoms with van der Waals surface area (Å²) in [6.45, 7) is 4.71. The molecule has 0 radical (unpaired) electrons. The van der Waals surface area contributed by atoms with Gasteiger partial charge in [-0.2, -0.15) is 0 Å². The lowest BCUT2D eigenvalue weighted by Crippen LogP contribution is -2.11. The van der Waals surface area contributed by atoms with Crippen LogP contribution in [0.25, 0.3) is 71.7 Å². The lowest BCUT2D eigenvalue weighted by molar-refractivity contribution is 0.518. The van der Waals surface area contributed by atoms with Crippen molar-refractivity contribution in [2.45, 2.75) is 45.6 Å². The molecule has 1 aromatic heterocycles. The van der Waals surface area contributed by atoms with E-state index in [4.69, 9.17) is 9.41 Å². The van der Waals surface area contributed by atoms with Gasteiger partial charge in [-0.25, -0.2) is 0 Å². The summed E-state index contributed by atoms with van der Waals surface area (Å²) in [4.78, 5) is 5.78. The van der Waals surface area contributed by atoms with Crippen LogP contribution in [0.1, 0.15) is 62.3 Å². The number of nitrogens with zero attached hydrogens (tertiary/aromatic N) is 1. The van der Waals surface area contributed by atoms with Crippen LogP contribution in [0.2, 0.25) is 0 Å². The van der Waals surface area contributed by atoms with Crippen molar-refractivity contribution in [3.05, 3.63) is 210 Å². The van der Waals surface area contributed by atoms with Gasteiger partial charge >= 0.3 is 0 Å². The Bertz CT molecular complexity index is 2990. The third-order valence-electron chi connectivity index (χ3n) is 12.5. The Hall–Kier alpha value is -6.77. The molecular formula is C57H47NO. The molecule has 0 aliphatic carbocycles. The first-order valence-electron chi connectivity index (χ1n) is 21.1. The van der Waals surface area contributed by atoms with Crippen molar-refractivity contribution in [1.82, 2.24) is 0 Å². The Morgan fingerprint density at radius 3 is 1.81 bits per heavy atom. The molecule has 1 aliphatic rings. The first-order chi connectivity index (χ1) is 29.1. The molecule has 10 rings (SSSR count). The Morgan fingerprint density at radius 2 is 1.12 bits per heavy atom. The maximum atomic E-state index is 6.85. The minimum atomic E-state index is -0.0627. The van der Waals surface area contributed by atoms with Gasteiger partial charge in [-0.15, -0.1) is 0 Å². The lowest BCUT2D eigenvalue weighted by Gasteiger charge is -2.25. The standard InChI is InChI=1S/C57H47NO/c1-3-39-37-53(50-21-13-23-54-56(50)51-22-12-20-49(57(51)59-54)48-34-31-41-16-10-11-19-47(41)36-48)58-52(45-17-8-5-9-18-45)35-24-38(2)55(39)46-32-29-44(30-33-46)43-27-25-42(26-28-43)40-14-6-4-7-15-40/h4-23,25-34,36,39,53H,3,24,35,37H2,1-2H3. The van der Waals surface area contributed by atoms with E-state index in [0.717, 1.165) is 53.4 Å². The molecule has 2 nitrogen and oxygen atoms in total. The molecule has 9 aromatic rings. The fourth-order valence-corrected chi connectivity index (χ4v) is 9.45. The van der Waals surface area contributed by atoms with Crippen molar-refractivity contribution >= 4 is 44.0 Å². The number of furan rings is 1. The normalized spacial score (nSPS) is 16.2. The van der Waals surface area contributed by atoms with Crippen molar-refractivity contribution in [3.63, 3.8) is 0 Å². The van der Waals surface area contributed by atoms with Crippen LogP contribution in [0, 0.1) is 5.92 Å². The number of aliphatic imine (C=N–C) groups is 1. The van der Waals surface area contributed by atoms with Gasteiger partial charge < -0.3 is 4.42 Å². The highest BCUT2D eigenvalue weighted by molar-refractivity contribution is 6.12. The molecule has 2 heterocycles. The minimum absolute atomic E-state index is 0.0627. The molecule has 59 heavy (non-hydrogen) atoms. The van der Waals surface area contributed by atoms with Crippen molar-refractivity contribution in [3.8, 4) is 33.4 Å². The Kier molecular flexibility index (Phi) is 9.84. The molecule has 0 fully saturated rings. The SMILES string of the molecule is CCC1CC(c2cccc3oc4c(-c5ccc6ccccc6c5)cccc4c23)N=C(c2ccccc2)CCC(C)=C1c1ccc(-c2ccc(-c3ccccc3)cc2)cc1. The van der Waals surface area contributed by atoms with E-state index in [1.165, 1.54) is 72.0 Å². The summed E-state index contributed by atoms with van der Waals surface area (Å²) in [6.07, 6.45) is 3.77. The van der Waals surface area contributed by atoms with Gasteiger partial charge in [0, 0.05) is 22.0 Å². The molecule has 1 aliphatic heterocycles. The van der Waals surface area contributed by atoms with Gasteiger partial charge in [0.15, 0.2) is 0 Å².